The summed E-state index contributed by atoms with van der Waals surface area (Å²) >= 11 is 0. The Hall–Kier alpha value is -3.27. The van der Waals surface area contributed by atoms with E-state index < -0.39 is 28.7 Å². The van der Waals surface area contributed by atoms with Gasteiger partial charge in [-0.05, 0) is 82.8 Å². The lowest BCUT2D eigenvalue weighted by Crippen LogP contribution is -2.58. The van der Waals surface area contributed by atoms with Crippen LogP contribution < -0.4 is 11.3 Å². The van der Waals surface area contributed by atoms with Gasteiger partial charge in [-0.3, -0.25) is 14.5 Å². The summed E-state index contributed by atoms with van der Waals surface area (Å²) < 4.78 is 1.76. The smallest absolute Gasteiger partial charge is 0.360 e. The molecule has 1 aromatic carbocycles. The molecule has 2 aromatic rings. The first kappa shape index (κ1) is 27.9. The average Bonchev–Trinajstić information content (AvgIpc) is 2.92. The zero-order valence-corrected chi connectivity index (χ0v) is 24.0. The molecular formula is C31H41N5O5. The number of amides is 1. The van der Waals surface area contributed by atoms with Crippen LogP contribution in [-0.4, -0.2) is 60.9 Å². The fourth-order valence-electron chi connectivity index (χ4n) is 8.19. The first-order valence-corrected chi connectivity index (χ1v) is 15.2. The maximum Gasteiger partial charge on any atom is 0.360 e. The van der Waals surface area contributed by atoms with E-state index in [2.05, 4.69) is 15.0 Å². The molecular weight excluding hydrogens is 522 g/mol. The number of benzene rings is 1. The second-order valence-corrected chi connectivity index (χ2v) is 13.2. The normalized spacial score (nSPS) is 30.6. The highest BCUT2D eigenvalue weighted by Crippen LogP contribution is 2.47. The third-order valence-corrected chi connectivity index (χ3v) is 10.1. The van der Waals surface area contributed by atoms with Crippen molar-refractivity contribution in [3.63, 3.8) is 0 Å². The van der Waals surface area contributed by atoms with Crippen LogP contribution in [0.5, 0.6) is 0 Å². The summed E-state index contributed by atoms with van der Waals surface area (Å²) in [6.07, 6.45) is 13.3. The number of carbonyl (C=O) groups excluding carboxylic acids is 1. The number of hydrogen-bond acceptors (Lipinski definition) is 7. The van der Waals surface area contributed by atoms with Crippen molar-refractivity contribution in [1.29, 1.82) is 0 Å². The van der Waals surface area contributed by atoms with E-state index in [4.69, 9.17) is 10.6 Å². The van der Waals surface area contributed by atoms with Crippen molar-refractivity contribution in [2.24, 2.45) is 22.7 Å². The zero-order chi connectivity index (χ0) is 28.9. The Labute approximate surface area is 239 Å². The number of aliphatic carboxylic acids is 1. The van der Waals surface area contributed by atoms with Gasteiger partial charge >= 0.3 is 5.97 Å². The molecule has 3 heterocycles. The molecule has 10 nitrogen and oxygen atoms in total. The summed E-state index contributed by atoms with van der Waals surface area (Å²) in [5.41, 5.74) is 3.56. The van der Waals surface area contributed by atoms with Gasteiger partial charge in [0.15, 0.2) is 5.69 Å². The lowest BCUT2D eigenvalue weighted by atomic mass is 9.68. The number of para-hydroxylation sites is 2. The molecule has 6 rings (SSSR count). The van der Waals surface area contributed by atoms with Crippen molar-refractivity contribution < 1.29 is 19.5 Å². The van der Waals surface area contributed by atoms with Gasteiger partial charge in [-0.2, -0.15) is 0 Å². The molecule has 3 N–H and O–H groups in total. The number of aromatic nitrogens is 2. The fourth-order valence-corrected chi connectivity index (χ4v) is 8.19. The van der Waals surface area contributed by atoms with Gasteiger partial charge in [0.25, 0.3) is 11.5 Å². The summed E-state index contributed by atoms with van der Waals surface area (Å²) in [6.45, 7) is 2.77. The van der Waals surface area contributed by atoms with E-state index in [1.54, 1.807) is 10.6 Å². The number of nitrogens with zero attached hydrogens (tertiary/aromatic N) is 4. The largest absolute Gasteiger partial charge is 0.476 e. The summed E-state index contributed by atoms with van der Waals surface area (Å²) in [7, 11) is 0. The monoisotopic (exact) mass is 563 g/mol. The number of fused-ring (bicyclic) bond motifs is 5. The number of nitrogens with two attached hydrogens (primary N) is 1. The number of hydrogen-bond donors (Lipinski definition) is 2. The van der Waals surface area contributed by atoms with Gasteiger partial charge in [0, 0.05) is 24.2 Å². The van der Waals surface area contributed by atoms with Crippen LogP contribution in [0.1, 0.15) is 96.2 Å². The van der Waals surface area contributed by atoms with E-state index >= 15 is 0 Å². The van der Waals surface area contributed by atoms with Crippen LogP contribution in [-0.2, 0) is 14.4 Å². The van der Waals surface area contributed by atoms with Crippen molar-refractivity contribution in [3.8, 4) is 0 Å². The zero-order valence-electron chi connectivity index (χ0n) is 24.0. The second kappa shape index (κ2) is 10.9. The van der Waals surface area contributed by atoms with Gasteiger partial charge in [-0.1, -0.05) is 43.0 Å². The van der Waals surface area contributed by atoms with Gasteiger partial charge in [0.2, 0.25) is 11.3 Å². The molecule has 2 saturated heterocycles. The number of piperidine rings is 2. The quantitative estimate of drug-likeness (QED) is 0.383. The molecule has 3 unspecified atom stereocenters. The van der Waals surface area contributed by atoms with Crippen molar-refractivity contribution in [2.45, 2.75) is 114 Å². The number of carboxylic acid groups (broad SMARTS) is 1. The molecule has 5 atom stereocenters. The number of oxime groups is 1. The van der Waals surface area contributed by atoms with Crippen LogP contribution in [0, 0.1) is 11.8 Å². The molecule has 220 valence electrons. The van der Waals surface area contributed by atoms with Crippen LogP contribution in [0.15, 0.2) is 34.2 Å². The Morgan fingerprint density at radius 1 is 0.951 bits per heavy atom. The van der Waals surface area contributed by atoms with Gasteiger partial charge < -0.3 is 20.2 Å². The Balaban J connectivity index is 1.37. The van der Waals surface area contributed by atoms with Crippen molar-refractivity contribution in [2.75, 3.05) is 0 Å². The summed E-state index contributed by atoms with van der Waals surface area (Å²) in [5, 5.41) is 13.7. The minimum absolute atomic E-state index is 0.0817. The molecule has 0 radical (unpaired) electrons. The van der Waals surface area contributed by atoms with E-state index in [1.165, 1.54) is 58.8 Å². The molecule has 4 bridgehead atoms. The van der Waals surface area contributed by atoms with Crippen LogP contribution in [0.25, 0.3) is 11.0 Å². The molecule has 2 saturated carbocycles. The van der Waals surface area contributed by atoms with E-state index in [0.29, 0.717) is 29.2 Å². The van der Waals surface area contributed by atoms with E-state index in [-0.39, 0.29) is 11.7 Å². The standard InChI is InChI=1S/C31H41N5O5/c1-31(2,30(32)40)41-34-27(29(38)39)26-28(37)36(25-12-4-3-11-24(25)33-26)23-16-20-9-6-10-21(17-23)35(20)22-14-18-7-5-8-19(13-18)15-22/h3-4,11-12,18-23H,5-10,13-17H2,1-2H3,(H2,32,40)(H,38,39)/b34-27-/t18?,19?,20-,21+,22?,23?. The maximum atomic E-state index is 14.1. The molecule has 1 aromatic heterocycles. The molecule has 2 aliphatic heterocycles. The molecule has 4 fully saturated rings. The molecule has 41 heavy (non-hydrogen) atoms. The van der Waals surface area contributed by atoms with E-state index in [9.17, 15) is 19.5 Å². The number of primary amides is 1. The summed E-state index contributed by atoms with van der Waals surface area (Å²) in [5.74, 6) is -0.562. The molecule has 1 amide bonds. The second-order valence-electron chi connectivity index (χ2n) is 13.2. The Kier molecular flexibility index (Phi) is 7.38. The highest BCUT2D eigenvalue weighted by atomic mass is 16.7. The highest BCUT2D eigenvalue weighted by Gasteiger charge is 2.45. The average molecular weight is 564 g/mol. The third kappa shape index (κ3) is 5.27. The maximum absolute atomic E-state index is 14.1. The lowest BCUT2D eigenvalue weighted by molar-refractivity contribution is -0.140. The van der Waals surface area contributed by atoms with Crippen LogP contribution in [0.4, 0.5) is 0 Å². The Bertz CT molecular complexity index is 1410. The number of carbonyl (C=O) groups is 2. The Morgan fingerprint density at radius 2 is 1.59 bits per heavy atom. The van der Waals surface area contributed by atoms with Crippen LogP contribution >= 0.6 is 0 Å². The van der Waals surface area contributed by atoms with Crippen LogP contribution in [0.2, 0.25) is 0 Å². The number of rotatable bonds is 7. The first-order valence-electron chi connectivity index (χ1n) is 15.2. The van der Waals surface area contributed by atoms with Gasteiger partial charge in [0.05, 0.1) is 11.0 Å². The predicted octanol–water partition coefficient (Wildman–Crippen LogP) is 3.99. The van der Waals surface area contributed by atoms with E-state index in [0.717, 1.165) is 37.5 Å². The van der Waals surface area contributed by atoms with Crippen LogP contribution in [0.3, 0.4) is 0 Å². The van der Waals surface area contributed by atoms with E-state index in [1.807, 2.05) is 18.2 Å². The number of carboxylic acids is 1. The fraction of sp³-hybridized carbons (Fsp3) is 0.645. The third-order valence-electron chi connectivity index (χ3n) is 10.1. The predicted molar refractivity (Wildman–Crippen MR) is 155 cm³/mol. The first-order chi connectivity index (χ1) is 19.6. The molecule has 0 spiro atoms. The van der Waals surface area contributed by atoms with Gasteiger partial charge in [-0.25, -0.2) is 9.78 Å². The molecule has 10 heteroatoms. The SMILES string of the molecule is CC(C)(O/N=C(\C(=O)O)c1nc2ccccc2n(C2C[C@H]3CCC[C@@H](C2)N3C2CC3CCCC(C3)C2)c1=O)C(N)=O. The molecule has 2 aliphatic carbocycles. The summed E-state index contributed by atoms with van der Waals surface area (Å²) in [6, 6.07) is 8.71. The molecule has 4 aliphatic rings. The van der Waals surface area contributed by atoms with Crippen molar-refractivity contribution in [3.05, 3.63) is 40.3 Å². The summed E-state index contributed by atoms with van der Waals surface area (Å²) in [4.78, 5) is 50.7. The van der Waals surface area contributed by atoms with Gasteiger partial charge in [0.1, 0.15) is 0 Å². The van der Waals surface area contributed by atoms with Gasteiger partial charge in [-0.15, -0.1) is 0 Å². The topological polar surface area (TPSA) is 140 Å². The minimum Gasteiger partial charge on any atom is -0.476 e. The van der Waals surface area contributed by atoms with Crippen molar-refractivity contribution >= 4 is 28.6 Å². The highest BCUT2D eigenvalue weighted by molar-refractivity contribution is 6.41. The van der Waals surface area contributed by atoms with Crippen molar-refractivity contribution in [1.82, 2.24) is 14.5 Å². The lowest BCUT2D eigenvalue weighted by Gasteiger charge is -2.55. The Morgan fingerprint density at radius 3 is 2.22 bits per heavy atom. The minimum atomic E-state index is -1.56.